The van der Waals surface area contributed by atoms with Gasteiger partial charge in [0, 0.05) is 5.56 Å². The van der Waals surface area contributed by atoms with Crippen LogP contribution in [0.1, 0.15) is 20.7 Å². The second-order valence-corrected chi connectivity index (χ2v) is 7.21. The molecule has 3 aromatic carbocycles. The van der Waals surface area contributed by atoms with Crippen LogP contribution < -0.4 is 15.3 Å². The normalized spacial score (nSPS) is 12.8. The zero-order valence-corrected chi connectivity index (χ0v) is 16.8. The number of amides is 2. The van der Waals surface area contributed by atoms with Crippen LogP contribution in [0, 0.1) is 0 Å². The number of carboxylic acids is 1. The molecule has 1 N–H and O–H groups in total. The Morgan fingerprint density at radius 1 is 0.939 bits per heavy atom. The molecule has 9 heteroatoms. The van der Waals surface area contributed by atoms with Gasteiger partial charge in [0.25, 0.3) is 11.8 Å². The second-order valence-electron chi connectivity index (χ2n) is 7.21. The molecular weight excluding hydrogens is 428 g/mol. The van der Waals surface area contributed by atoms with Crippen molar-refractivity contribution in [1.29, 1.82) is 0 Å². The quantitative estimate of drug-likeness (QED) is 0.467. The molecular formula is C24H14N2O7. The molecule has 0 spiro atoms. The van der Waals surface area contributed by atoms with Gasteiger partial charge in [0.05, 0.1) is 27.7 Å². The Morgan fingerprint density at radius 3 is 2.42 bits per heavy atom. The molecule has 9 nitrogen and oxygen atoms in total. The van der Waals surface area contributed by atoms with Gasteiger partial charge in [-0.1, -0.05) is 12.1 Å². The topological polar surface area (TPSA) is 127 Å². The molecule has 0 saturated heterocycles. The van der Waals surface area contributed by atoms with E-state index in [0.29, 0.717) is 22.2 Å². The predicted molar refractivity (Wildman–Crippen MR) is 116 cm³/mol. The van der Waals surface area contributed by atoms with Crippen molar-refractivity contribution in [3.05, 3.63) is 88.3 Å². The van der Waals surface area contributed by atoms with Gasteiger partial charge in [-0.25, -0.2) is 19.5 Å². The van der Waals surface area contributed by atoms with Gasteiger partial charge in [-0.2, -0.15) is 0 Å². The average molecular weight is 442 g/mol. The van der Waals surface area contributed by atoms with Crippen LogP contribution in [0.15, 0.2) is 75.9 Å². The Labute approximate surface area is 185 Å². The fraction of sp³-hybridized carbons (Fsp3) is 0.0417. The van der Waals surface area contributed by atoms with Crippen molar-refractivity contribution in [2.75, 3.05) is 11.5 Å². The Morgan fingerprint density at radius 2 is 1.67 bits per heavy atom. The van der Waals surface area contributed by atoms with Gasteiger partial charge in [0.15, 0.2) is 6.61 Å². The molecule has 5 rings (SSSR count). The fourth-order valence-corrected chi connectivity index (χ4v) is 3.59. The summed E-state index contributed by atoms with van der Waals surface area (Å²) < 4.78 is 10.4. The molecule has 2 amide bonds. The van der Waals surface area contributed by atoms with Crippen molar-refractivity contribution in [3.8, 4) is 17.2 Å². The van der Waals surface area contributed by atoms with E-state index in [1.807, 2.05) is 0 Å². The maximum atomic E-state index is 13.1. The van der Waals surface area contributed by atoms with Crippen molar-refractivity contribution in [3.63, 3.8) is 0 Å². The van der Waals surface area contributed by atoms with Crippen molar-refractivity contribution >= 4 is 34.4 Å². The fourth-order valence-electron chi connectivity index (χ4n) is 3.59. The molecule has 1 aromatic heterocycles. The monoisotopic (exact) mass is 442 g/mol. The highest BCUT2D eigenvalue weighted by Crippen LogP contribution is 2.32. The number of carbonyl (C=O) groups excluding carboxylic acids is 2. The van der Waals surface area contributed by atoms with Crippen LogP contribution >= 0.6 is 0 Å². The number of hydrogen-bond acceptors (Lipinski definition) is 7. The van der Waals surface area contributed by atoms with Crippen molar-refractivity contribution in [2.45, 2.75) is 0 Å². The number of imide groups is 1. The summed E-state index contributed by atoms with van der Waals surface area (Å²) in [6, 6.07) is 17.2. The number of ether oxygens (including phenoxy) is 1. The first kappa shape index (κ1) is 20.1. The number of carbonyl (C=O) groups is 3. The summed E-state index contributed by atoms with van der Waals surface area (Å²) in [5, 5.41) is 9.04. The maximum absolute atomic E-state index is 13.1. The second kappa shape index (κ2) is 7.72. The zero-order valence-electron chi connectivity index (χ0n) is 16.8. The minimum atomic E-state index is -1.12. The van der Waals surface area contributed by atoms with Crippen LogP contribution in [0.5, 0.6) is 5.75 Å². The van der Waals surface area contributed by atoms with Gasteiger partial charge in [-0.05, 0) is 54.6 Å². The molecule has 0 saturated carbocycles. The van der Waals surface area contributed by atoms with E-state index in [4.69, 9.17) is 14.3 Å². The highest BCUT2D eigenvalue weighted by Gasteiger charge is 2.37. The lowest BCUT2D eigenvalue weighted by atomic mass is 10.1. The van der Waals surface area contributed by atoms with Crippen LogP contribution in [0.4, 0.5) is 5.69 Å². The predicted octanol–water partition coefficient (Wildman–Crippen LogP) is 3.12. The molecule has 4 aromatic rings. The third-order valence-electron chi connectivity index (χ3n) is 5.13. The minimum absolute atomic E-state index is 0.0418. The maximum Gasteiger partial charge on any atom is 0.347 e. The van der Waals surface area contributed by atoms with Crippen molar-refractivity contribution < 1.29 is 28.6 Å². The number of rotatable bonds is 5. The van der Waals surface area contributed by atoms with E-state index < -0.39 is 30.0 Å². The van der Waals surface area contributed by atoms with Gasteiger partial charge < -0.3 is 14.3 Å². The number of hydrogen-bond donors (Lipinski definition) is 1. The molecule has 0 aliphatic carbocycles. The third-order valence-corrected chi connectivity index (χ3v) is 5.13. The molecule has 0 bridgehead atoms. The van der Waals surface area contributed by atoms with Crippen LogP contribution in [-0.2, 0) is 4.79 Å². The third kappa shape index (κ3) is 3.51. The number of para-hydroxylation sites is 1. The van der Waals surface area contributed by atoms with E-state index in [1.54, 1.807) is 30.3 Å². The summed E-state index contributed by atoms with van der Waals surface area (Å²) in [6.45, 7) is -0.506. The summed E-state index contributed by atoms with van der Waals surface area (Å²) in [5.41, 5.74) is 0.959. The van der Waals surface area contributed by atoms with E-state index in [0.717, 1.165) is 4.90 Å². The average Bonchev–Trinajstić information content (AvgIpc) is 3.07. The molecule has 162 valence electrons. The van der Waals surface area contributed by atoms with E-state index in [-0.39, 0.29) is 22.8 Å². The van der Waals surface area contributed by atoms with Crippen molar-refractivity contribution in [2.24, 2.45) is 0 Å². The molecule has 1 aliphatic rings. The summed E-state index contributed by atoms with van der Waals surface area (Å²) in [4.78, 5) is 54.2. The molecule has 1 aliphatic heterocycles. The van der Waals surface area contributed by atoms with Crippen LogP contribution in [0.25, 0.3) is 22.4 Å². The first-order valence-corrected chi connectivity index (χ1v) is 9.80. The van der Waals surface area contributed by atoms with Gasteiger partial charge in [0.2, 0.25) is 5.89 Å². The largest absolute Gasteiger partial charge is 0.482 e. The SMILES string of the molecule is O=C(O)COc1ccc(N2C(=O)c3ccc(-c4nc5ccccc5c(=O)o4)cc3C2=O)cc1. The highest BCUT2D eigenvalue weighted by atomic mass is 16.5. The lowest BCUT2D eigenvalue weighted by Crippen LogP contribution is -2.29. The van der Waals surface area contributed by atoms with E-state index >= 15 is 0 Å². The van der Waals surface area contributed by atoms with Gasteiger partial charge in [0.1, 0.15) is 5.75 Å². The van der Waals surface area contributed by atoms with Gasteiger partial charge in [-0.15, -0.1) is 0 Å². The smallest absolute Gasteiger partial charge is 0.347 e. The van der Waals surface area contributed by atoms with Crippen molar-refractivity contribution in [1.82, 2.24) is 4.98 Å². The first-order chi connectivity index (χ1) is 15.9. The van der Waals surface area contributed by atoms with E-state index in [2.05, 4.69) is 4.98 Å². The minimum Gasteiger partial charge on any atom is -0.482 e. The number of nitrogens with zero attached hydrogens (tertiary/aromatic N) is 2. The standard InChI is InChI=1S/C24H14N2O7/c27-20(28)12-32-15-8-6-14(7-9-15)26-22(29)16-10-5-13(11-18(16)23(26)30)21-25-19-4-2-1-3-17(19)24(31)33-21/h1-11H,12H2,(H,27,28). The number of aliphatic carboxylic acids is 1. The number of fused-ring (bicyclic) bond motifs is 2. The number of carboxylic acid groups (broad SMARTS) is 1. The summed E-state index contributed by atoms with van der Waals surface area (Å²) >= 11 is 0. The lowest BCUT2D eigenvalue weighted by molar-refractivity contribution is -0.139. The highest BCUT2D eigenvalue weighted by molar-refractivity contribution is 6.34. The van der Waals surface area contributed by atoms with Gasteiger partial charge >= 0.3 is 11.6 Å². The lowest BCUT2D eigenvalue weighted by Gasteiger charge is -2.14. The molecule has 2 heterocycles. The molecule has 0 radical (unpaired) electrons. The molecule has 0 fully saturated rings. The van der Waals surface area contributed by atoms with Gasteiger partial charge in [-0.3, -0.25) is 9.59 Å². The number of aromatic nitrogens is 1. The molecule has 33 heavy (non-hydrogen) atoms. The number of anilines is 1. The zero-order chi connectivity index (χ0) is 23.1. The summed E-state index contributed by atoms with van der Waals surface area (Å²) in [7, 11) is 0. The Bertz CT molecular complexity index is 1510. The Balaban J connectivity index is 1.48. The summed E-state index contributed by atoms with van der Waals surface area (Å²) in [5.74, 6) is -1.84. The van der Waals surface area contributed by atoms with Crippen LogP contribution in [0.3, 0.4) is 0 Å². The summed E-state index contributed by atoms with van der Waals surface area (Å²) in [6.07, 6.45) is 0. The van der Waals surface area contributed by atoms with E-state index in [9.17, 15) is 19.2 Å². The Kier molecular flexibility index (Phi) is 4.71. The van der Waals surface area contributed by atoms with E-state index in [1.165, 1.54) is 36.4 Å². The number of benzene rings is 3. The Hall–Kier alpha value is -4.79. The van der Waals surface area contributed by atoms with Crippen LogP contribution in [-0.4, -0.2) is 34.5 Å². The first-order valence-electron chi connectivity index (χ1n) is 9.80. The molecule has 0 atom stereocenters. The molecule has 0 unspecified atom stereocenters. The van der Waals surface area contributed by atoms with Crippen LogP contribution in [0.2, 0.25) is 0 Å².